The standard InChI is InChI=1S/C25H28ClN3O4/c1-3-14-27-24(31)22(28-23(30)18-6-10-21(33-2)11-7-18)17-12-15-29(16-13-17)25(32)19-4-8-20(26)9-5-19/h3-11,17,22H,1,12-16H2,2H3,(H,27,31)(H,28,30)/t22-/m0/s1. The molecule has 2 aromatic rings. The summed E-state index contributed by atoms with van der Waals surface area (Å²) in [6, 6.07) is 12.8. The number of likely N-dealkylation sites (tertiary alicyclic amines) is 1. The Hall–Kier alpha value is -3.32. The van der Waals surface area contributed by atoms with Crippen LogP contribution in [0, 0.1) is 5.92 Å². The molecule has 1 saturated heterocycles. The first-order valence-corrected chi connectivity index (χ1v) is 11.2. The van der Waals surface area contributed by atoms with Crippen LogP contribution in [0.3, 0.4) is 0 Å². The SMILES string of the molecule is C=CCNC(=O)[C@@H](NC(=O)c1ccc(OC)cc1)C1CCN(C(=O)c2ccc(Cl)cc2)CC1. The number of methoxy groups -OCH3 is 1. The summed E-state index contributed by atoms with van der Waals surface area (Å²) in [4.78, 5) is 40.2. The predicted molar refractivity (Wildman–Crippen MR) is 128 cm³/mol. The van der Waals surface area contributed by atoms with E-state index in [0.717, 1.165) is 0 Å². The molecule has 0 radical (unpaired) electrons. The van der Waals surface area contributed by atoms with Crippen molar-refractivity contribution in [3.05, 3.63) is 77.3 Å². The molecule has 1 aliphatic heterocycles. The summed E-state index contributed by atoms with van der Waals surface area (Å²) in [5.74, 6) is -0.133. The number of halogens is 1. The topological polar surface area (TPSA) is 87.7 Å². The van der Waals surface area contributed by atoms with Crippen LogP contribution < -0.4 is 15.4 Å². The number of benzene rings is 2. The first kappa shape index (κ1) is 24.3. The minimum Gasteiger partial charge on any atom is -0.497 e. The molecule has 1 heterocycles. The lowest BCUT2D eigenvalue weighted by atomic mass is 9.88. The molecule has 3 rings (SSSR count). The summed E-state index contributed by atoms with van der Waals surface area (Å²) >= 11 is 5.91. The summed E-state index contributed by atoms with van der Waals surface area (Å²) < 4.78 is 5.13. The van der Waals surface area contributed by atoms with Crippen molar-refractivity contribution in [1.29, 1.82) is 0 Å². The van der Waals surface area contributed by atoms with Gasteiger partial charge in [-0.25, -0.2) is 0 Å². The number of amides is 3. The van der Waals surface area contributed by atoms with Crippen LogP contribution >= 0.6 is 11.6 Å². The fourth-order valence-electron chi connectivity index (χ4n) is 3.86. The zero-order valence-corrected chi connectivity index (χ0v) is 19.3. The molecule has 8 heteroatoms. The minimum absolute atomic E-state index is 0.0694. The van der Waals surface area contributed by atoms with Crippen LogP contribution in [0.15, 0.2) is 61.2 Å². The third-order valence-electron chi connectivity index (χ3n) is 5.73. The summed E-state index contributed by atoms with van der Waals surface area (Å²) in [7, 11) is 1.55. The normalized spacial score (nSPS) is 14.8. The van der Waals surface area contributed by atoms with E-state index in [-0.39, 0.29) is 23.6 Å². The van der Waals surface area contributed by atoms with Gasteiger partial charge in [-0.2, -0.15) is 0 Å². The molecular formula is C25H28ClN3O4. The highest BCUT2D eigenvalue weighted by Crippen LogP contribution is 2.23. The van der Waals surface area contributed by atoms with E-state index in [1.807, 2.05) is 0 Å². The number of rotatable bonds is 8. The smallest absolute Gasteiger partial charge is 0.253 e. The van der Waals surface area contributed by atoms with Crippen LogP contribution in [0.25, 0.3) is 0 Å². The molecule has 7 nitrogen and oxygen atoms in total. The van der Waals surface area contributed by atoms with Gasteiger partial charge in [0.15, 0.2) is 0 Å². The molecule has 2 aromatic carbocycles. The van der Waals surface area contributed by atoms with Gasteiger partial charge in [-0.3, -0.25) is 14.4 Å². The molecular weight excluding hydrogens is 442 g/mol. The lowest BCUT2D eigenvalue weighted by Crippen LogP contribution is -2.53. The Balaban J connectivity index is 1.67. The number of ether oxygens (including phenoxy) is 1. The Morgan fingerprint density at radius 2 is 1.70 bits per heavy atom. The van der Waals surface area contributed by atoms with E-state index in [0.29, 0.717) is 54.4 Å². The molecule has 3 amide bonds. The Bertz CT molecular complexity index is 984. The summed E-state index contributed by atoms with van der Waals surface area (Å²) in [5, 5.41) is 6.25. The monoisotopic (exact) mass is 469 g/mol. The van der Waals surface area contributed by atoms with Gasteiger partial charge in [-0.1, -0.05) is 17.7 Å². The van der Waals surface area contributed by atoms with E-state index in [2.05, 4.69) is 17.2 Å². The zero-order chi connectivity index (χ0) is 23.8. The number of piperidine rings is 1. The third-order valence-corrected chi connectivity index (χ3v) is 5.98. The number of hydrogen-bond acceptors (Lipinski definition) is 4. The second kappa shape index (κ2) is 11.5. The van der Waals surface area contributed by atoms with Gasteiger partial charge in [0, 0.05) is 35.8 Å². The highest BCUT2D eigenvalue weighted by atomic mass is 35.5. The van der Waals surface area contributed by atoms with Crippen LogP contribution in [-0.4, -0.2) is 55.4 Å². The van der Waals surface area contributed by atoms with Crippen LogP contribution in [0.5, 0.6) is 5.75 Å². The van der Waals surface area contributed by atoms with Crippen LogP contribution in [0.2, 0.25) is 5.02 Å². The summed E-state index contributed by atoms with van der Waals surface area (Å²) in [6.07, 6.45) is 2.77. The Morgan fingerprint density at radius 3 is 2.27 bits per heavy atom. The van der Waals surface area contributed by atoms with Crippen LogP contribution in [0.4, 0.5) is 0 Å². The predicted octanol–water partition coefficient (Wildman–Crippen LogP) is 3.30. The van der Waals surface area contributed by atoms with Gasteiger partial charge in [-0.15, -0.1) is 6.58 Å². The maximum absolute atomic E-state index is 12.9. The van der Waals surface area contributed by atoms with Gasteiger partial charge in [0.1, 0.15) is 11.8 Å². The number of nitrogens with zero attached hydrogens (tertiary/aromatic N) is 1. The fourth-order valence-corrected chi connectivity index (χ4v) is 3.98. The molecule has 0 spiro atoms. The van der Waals surface area contributed by atoms with E-state index in [1.54, 1.807) is 66.6 Å². The number of carbonyl (C=O) groups is 3. The molecule has 1 aliphatic rings. The van der Waals surface area contributed by atoms with Crippen molar-refractivity contribution in [3.8, 4) is 5.75 Å². The molecule has 1 atom stereocenters. The molecule has 33 heavy (non-hydrogen) atoms. The van der Waals surface area contributed by atoms with Crippen molar-refractivity contribution in [2.45, 2.75) is 18.9 Å². The minimum atomic E-state index is -0.715. The van der Waals surface area contributed by atoms with Crippen molar-refractivity contribution < 1.29 is 19.1 Å². The third kappa shape index (κ3) is 6.35. The van der Waals surface area contributed by atoms with Crippen molar-refractivity contribution >= 4 is 29.3 Å². The molecule has 1 fully saturated rings. The zero-order valence-electron chi connectivity index (χ0n) is 18.6. The average Bonchev–Trinajstić information content (AvgIpc) is 2.86. The van der Waals surface area contributed by atoms with E-state index in [1.165, 1.54) is 0 Å². The highest BCUT2D eigenvalue weighted by Gasteiger charge is 2.34. The Kier molecular flexibility index (Phi) is 8.49. The van der Waals surface area contributed by atoms with Crippen molar-refractivity contribution in [2.75, 3.05) is 26.7 Å². The van der Waals surface area contributed by atoms with Gasteiger partial charge >= 0.3 is 0 Å². The number of carbonyl (C=O) groups excluding carboxylic acids is 3. The molecule has 0 aromatic heterocycles. The van der Waals surface area contributed by atoms with E-state index in [4.69, 9.17) is 16.3 Å². The van der Waals surface area contributed by atoms with Crippen molar-refractivity contribution in [1.82, 2.24) is 15.5 Å². The van der Waals surface area contributed by atoms with E-state index < -0.39 is 6.04 Å². The quantitative estimate of drug-likeness (QED) is 0.581. The first-order chi connectivity index (χ1) is 15.9. The first-order valence-electron chi connectivity index (χ1n) is 10.8. The maximum Gasteiger partial charge on any atom is 0.253 e. The van der Waals surface area contributed by atoms with E-state index >= 15 is 0 Å². The molecule has 2 N–H and O–H groups in total. The largest absolute Gasteiger partial charge is 0.497 e. The molecule has 0 bridgehead atoms. The summed E-state index contributed by atoms with van der Waals surface area (Å²) in [6.45, 7) is 4.93. The molecule has 0 aliphatic carbocycles. The van der Waals surface area contributed by atoms with Crippen molar-refractivity contribution in [2.24, 2.45) is 5.92 Å². The molecule has 0 unspecified atom stereocenters. The second-order valence-electron chi connectivity index (χ2n) is 7.85. The Morgan fingerprint density at radius 1 is 1.09 bits per heavy atom. The fraction of sp³-hybridized carbons (Fsp3) is 0.320. The molecule has 0 saturated carbocycles. The second-order valence-corrected chi connectivity index (χ2v) is 8.29. The van der Waals surface area contributed by atoms with E-state index in [9.17, 15) is 14.4 Å². The van der Waals surface area contributed by atoms with Crippen molar-refractivity contribution in [3.63, 3.8) is 0 Å². The number of nitrogens with one attached hydrogen (secondary N) is 2. The number of hydrogen-bond donors (Lipinski definition) is 2. The average molecular weight is 470 g/mol. The highest BCUT2D eigenvalue weighted by molar-refractivity contribution is 6.30. The van der Waals surface area contributed by atoms with Crippen LogP contribution in [-0.2, 0) is 4.79 Å². The van der Waals surface area contributed by atoms with Gasteiger partial charge in [0.05, 0.1) is 7.11 Å². The van der Waals surface area contributed by atoms with Crippen LogP contribution in [0.1, 0.15) is 33.6 Å². The Labute approximate surface area is 198 Å². The molecule has 174 valence electrons. The summed E-state index contributed by atoms with van der Waals surface area (Å²) in [5.41, 5.74) is 1.01. The van der Waals surface area contributed by atoms with Gasteiger partial charge < -0.3 is 20.3 Å². The van der Waals surface area contributed by atoms with Gasteiger partial charge in [-0.05, 0) is 67.3 Å². The maximum atomic E-state index is 12.9. The lowest BCUT2D eigenvalue weighted by Gasteiger charge is -2.35. The van der Waals surface area contributed by atoms with Gasteiger partial charge in [0.25, 0.3) is 11.8 Å². The lowest BCUT2D eigenvalue weighted by molar-refractivity contribution is -0.124. The van der Waals surface area contributed by atoms with Gasteiger partial charge in [0.2, 0.25) is 5.91 Å².